The molecule has 27 heavy (non-hydrogen) atoms. The number of unbranched alkanes of at least 4 members (excludes halogenated alkanes) is 1. The van der Waals surface area contributed by atoms with Gasteiger partial charge in [-0.3, -0.25) is 14.4 Å². The quantitative estimate of drug-likeness (QED) is 0.379. The van der Waals surface area contributed by atoms with Crippen LogP contribution in [0.25, 0.3) is 0 Å². The molecule has 0 heterocycles. The number of hydrogen-bond donors (Lipinski definition) is 2. The van der Waals surface area contributed by atoms with Gasteiger partial charge in [0.25, 0.3) is 0 Å². The van der Waals surface area contributed by atoms with E-state index in [1.54, 1.807) is 0 Å². The molecule has 0 bridgehead atoms. The fourth-order valence-corrected chi connectivity index (χ4v) is 3.60. The molecule has 0 aromatic heterocycles. The van der Waals surface area contributed by atoms with Crippen molar-refractivity contribution >= 4 is 17.3 Å². The molecule has 3 atom stereocenters. The minimum absolute atomic E-state index is 0.0480. The predicted molar refractivity (Wildman–Crippen MR) is 105 cm³/mol. The van der Waals surface area contributed by atoms with Crippen molar-refractivity contribution in [2.45, 2.75) is 77.2 Å². The number of ketones is 3. The van der Waals surface area contributed by atoms with Crippen LogP contribution in [0.3, 0.4) is 0 Å². The summed E-state index contributed by atoms with van der Waals surface area (Å²) in [6.45, 7) is 2.96. The van der Waals surface area contributed by atoms with Crippen molar-refractivity contribution in [3.8, 4) is 0 Å². The van der Waals surface area contributed by atoms with Crippen LogP contribution in [0.2, 0.25) is 0 Å². The first-order valence-electron chi connectivity index (χ1n) is 10.0. The van der Waals surface area contributed by atoms with Gasteiger partial charge in [-0.05, 0) is 44.9 Å². The summed E-state index contributed by atoms with van der Waals surface area (Å²) in [5.74, 6) is 0.00749. The summed E-state index contributed by atoms with van der Waals surface area (Å²) in [7, 11) is 0. The summed E-state index contributed by atoms with van der Waals surface area (Å²) in [6.07, 6.45) is 13.2. The molecule has 5 heteroatoms. The standard InChI is InChI=1S/C22H34O5/c1-3-14-22(27,17(2)24)15-8-9-18-12-13-21(26)20(18)11-7-5-4-6-10-19(25)16-23/h5,7-9,18,20,23,27H,3-4,6,10-16H2,1-2H3/t18-,20+,22?/m0/s1. The molecule has 0 radical (unpaired) electrons. The van der Waals surface area contributed by atoms with Crippen molar-refractivity contribution in [2.24, 2.45) is 11.8 Å². The lowest BCUT2D eigenvalue weighted by atomic mass is 9.87. The van der Waals surface area contributed by atoms with Crippen LogP contribution >= 0.6 is 0 Å². The number of aliphatic hydroxyl groups excluding tert-OH is 1. The highest BCUT2D eigenvalue weighted by atomic mass is 16.3. The second-order valence-corrected chi connectivity index (χ2v) is 7.54. The molecule has 1 aliphatic rings. The van der Waals surface area contributed by atoms with Gasteiger partial charge in [-0.25, -0.2) is 0 Å². The van der Waals surface area contributed by atoms with Crippen LogP contribution < -0.4 is 0 Å². The van der Waals surface area contributed by atoms with Gasteiger partial charge in [0.05, 0.1) is 0 Å². The molecule has 1 aliphatic carbocycles. The molecule has 0 aliphatic heterocycles. The molecule has 0 aromatic carbocycles. The minimum atomic E-state index is -1.30. The van der Waals surface area contributed by atoms with Gasteiger partial charge < -0.3 is 10.2 Å². The average Bonchev–Trinajstić information content (AvgIpc) is 2.97. The Kier molecular flexibility index (Phi) is 10.4. The van der Waals surface area contributed by atoms with Crippen LogP contribution in [-0.4, -0.2) is 39.8 Å². The maximum absolute atomic E-state index is 12.2. The van der Waals surface area contributed by atoms with E-state index < -0.39 is 12.2 Å². The molecule has 0 amide bonds. The van der Waals surface area contributed by atoms with E-state index in [-0.39, 0.29) is 29.2 Å². The fraction of sp³-hybridized carbons (Fsp3) is 0.682. The molecule has 152 valence electrons. The third-order valence-electron chi connectivity index (χ3n) is 5.37. The van der Waals surface area contributed by atoms with Gasteiger partial charge in [0.15, 0.2) is 11.6 Å². The maximum atomic E-state index is 12.2. The van der Waals surface area contributed by atoms with Gasteiger partial charge in [-0.1, -0.05) is 37.6 Å². The third-order valence-corrected chi connectivity index (χ3v) is 5.37. The number of allylic oxidation sites excluding steroid dienone is 3. The Morgan fingerprint density at radius 3 is 2.63 bits per heavy atom. The Morgan fingerprint density at radius 2 is 2.00 bits per heavy atom. The lowest BCUT2D eigenvalue weighted by Gasteiger charge is -2.23. The molecular weight excluding hydrogens is 344 g/mol. The second-order valence-electron chi connectivity index (χ2n) is 7.54. The van der Waals surface area contributed by atoms with Crippen molar-refractivity contribution in [1.82, 2.24) is 0 Å². The van der Waals surface area contributed by atoms with E-state index in [0.29, 0.717) is 38.5 Å². The van der Waals surface area contributed by atoms with Gasteiger partial charge in [-0.15, -0.1) is 0 Å². The molecule has 1 unspecified atom stereocenters. The van der Waals surface area contributed by atoms with E-state index in [1.165, 1.54) is 6.92 Å². The average molecular weight is 379 g/mol. The van der Waals surface area contributed by atoms with E-state index in [9.17, 15) is 19.5 Å². The number of rotatable bonds is 13. The number of hydrogen-bond acceptors (Lipinski definition) is 5. The maximum Gasteiger partial charge on any atom is 0.161 e. The number of carbonyl (C=O) groups is 3. The second kappa shape index (κ2) is 12.0. The van der Waals surface area contributed by atoms with Gasteiger partial charge in [0.2, 0.25) is 0 Å². The van der Waals surface area contributed by atoms with E-state index in [1.807, 2.05) is 31.2 Å². The van der Waals surface area contributed by atoms with Crippen LogP contribution in [0.15, 0.2) is 24.3 Å². The van der Waals surface area contributed by atoms with Gasteiger partial charge in [0, 0.05) is 25.2 Å². The molecule has 1 rings (SSSR count). The Morgan fingerprint density at radius 1 is 1.26 bits per heavy atom. The van der Waals surface area contributed by atoms with E-state index in [4.69, 9.17) is 5.11 Å². The number of Topliss-reactive ketones (excluding diaryl/α,β-unsaturated/α-hetero) is 3. The molecule has 1 fully saturated rings. The Bertz CT molecular complexity index is 563. The van der Waals surface area contributed by atoms with Crippen LogP contribution in [0.1, 0.15) is 71.6 Å². The topological polar surface area (TPSA) is 91.7 Å². The molecule has 0 saturated heterocycles. The Hall–Kier alpha value is -1.59. The summed E-state index contributed by atoms with van der Waals surface area (Å²) in [4.78, 5) is 34.9. The SMILES string of the molecule is CCCC(O)(CC=C[C@H]1CCC(=O)[C@@H]1CC=CCCCC(=O)CO)C(C)=O. The first-order valence-corrected chi connectivity index (χ1v) is 10.0. The molecule has 5 nitrogen and oxygen atoms in total. The first-order chi connectivity index (χ1) is 12.8. The van der Waals surface area contributed by atoms with Crippen molar-refractivity contribution in [3.63, 3.8) is 0 Å². The van der Waals surface area contributed by atoms with Crippen LogP contribution in [0.5, 0.6) is 0 Å². The van der Waals surface area contributed by atoms with Crippen molar-refractivity contribution in [2.75, 3.05) is 6.61 Å². The minimum Gasteiger partial charge on any atom is -0.389 e. The summed E-state index contributed by atoms with van der Waals surface area (Å²) >= 11 is 0. The summed E-state index contributed by atoms with van der Waals surface area (Å²) in [5.41, 5.74) is -1.30. The molecule has 1 saturated carbocycles. The monoisotopic (exact) mass is 378 g/mol. The summed E-state index contributed by atoms with van der Waals surface area (Å²) in [5, 5.41) is 19.1. The Labute approximate surface area is 162 Å². The zero-order valence-corrected chi connectivity index (χ0v) is 16.7. The lowest BCUT2D eigenvalue weighted by molar-refractivity contribution is -0.135. The van der Waals surface area contributed by atoms with Gasteiger partial charge in [0.1, 0.15) is 18.0 Å². The largest absolute Gasteiger partial charge is 0.389 e. The first kappa shape index (κ1) is 23.4. The van der Waals surface area contributed by atoms with E-state index in [2.05, 4.69) is 0 Å². The number of carbonyl (C=O) groups excluding carboxylic acids is 3. The lowest BCUT2D eigenvalue weighted by Crippen LogP contribution is -2.36. The van der Waals surface area contributed by atoms with Crippen molar-refractivity contribution in [3.05, 3.63) is 24.3 Å². The van der Waals surface area contributed by atoms with Gasteiger partial charge in [-0.2, -0.15) is 0 Å². The summed E-state index contributed by atoms with van der Waals surface area (Å²) < 4.78 is 0. The summed E-state index contributed by atoms with van der Waals surface area (Å²) in [6, 6.07) is 0. The highest BCUT2D eigenvalue weighted by Crippen LogP contribution is 2.33. The fourth-order valence-electron chi connectivity index (χ4n) is 3.60. The highest BCUT2D eigenvalue weighted by molar-refractivity contribution is 5.85. The van der Waals surface area contributed by atoms with Crippen molar-refractivity contribution in [1.29, 1.82) is 0 Å². The predicted octanol–water partition coefficient (Wildman–Crippen LogP) is 3.33. The van der Waals surface area contributed by atoms with E-state index in [0.717, 1.165) is 19.3 Å². The third kappa shape index (κ3) is 7.89. The normalized spacial score (nSPS) is 22.6. The molecule has 0 spiro atoms. The van der Waals surface area contributed by atoms with Crippen LogP contribution in [0.4, 0.5) is 0 Å². The van der Waals surface area contributed by atoms with Crippen LogP contribution in [0, 0.1) is 11.8 Å². The Balaban J connectivity index is 2.51. The zero-order valence-electron chi connectivity index (χ0n) is 16.7. The van der Waals surface area contributed by atoms with Gasteiger partial charge >= 0.3 is 0 Å². The molecule has 0 aromatic rings. The van der Waals surface area contributed by atoms with Crippen LogP contribution in [-0.2, 0) is 14.4 Å². The zero-order chi connectivity index (χ0) is 20.3. The molecular formula is C22H34O5. The number of aliphatic hydroxyl groups is 2. The molecule has 2 N–H and O–H groups in total. The smallest absolute Gasteiger partial charge is 0.161 e. The highest BCUT2D eigenvalue weighted by Gasteiger charge is 2.33. The van der Waals surface area contributed by atoms with E-state index >= 15 is 0 Å². The van der Waals surface area contributed by atoms with Crippen molar-refractivity contribution < 1.29 is 24.6 Å².